The summed E-state index contributed by atoms with van der Waals surface area (Å²) < 4.78 is 29.6. The molecule has 3 aromatic rings. The predicted octanol–water partition coefficient (Wildman–Crippen LogP) is 2.24. The standard InChI is InChI=1S/C17H16BrN5O3S2/c18-14-2-4-16(27-14)28(25,26)23-9-7-21(8-10-23)17(24)13-1-3-15(20-11-13)22-6-5-19-12-22/h1-6,11-12H,7-10H2. The molecule has 4 rings (SSSR count). The van der Waals surface area contributed by atoms with Crippen molar-refractivity contribution in [3.63, 3.8) is 0 Å². The number of nitrogens with zero attached hydrogens (tertiary/aromatic N) is 5. The summed E-state index contributed by atoms with van der Waals surface area (Å²) in [5.41, 5.74) is 0.474. The minimum atomic E-state index is -3.52. The van der Waals surface area contributed by atoms with E-state index in [2.05, 4.69) is 25.9 Å². The van der Waals surface area contributed by atoms with Crippen molar-refractivity contribution in [2.75, 3.05) is 26.2 Å². The van der Waals surface area contributed by atoms with E-state index in [9.17, 15) is 13.2 Å². The molecule has 0 unspecified atom stereocenters. The summed E-state index contributed by atoms with van der Waals surface area (Å²) in [7, 11) is -3.52. The van der Waals surface area contributed by atoms with Crippen molar-refractivity contribution in [3.05, 3.63) is 58.5 Å². The van der Waals surface area contributed by atoms with Crippen LogP contribution in [0.3, 0.4) is 0 Å². The van der Waals surface area contributed by atoms with Crippen molar-refractivity contribution in [2.45, 2.75) is 4.21 Å². The molecule has 11 heteroatoms. The number of halogens is 1. The molecule has 146 valence electrons. The van der Waals surface area contributed by atoms with Gasteiger partial charge in [-0.2, -0.15) is 4.31 Å². The Morgan fingerprint density at radius 1 is 1.11 bits per heavy atom. The van der Waals surface area contributed by atoms with Crippen LogP contribution in [0.2, 0.25) is 0 Å². The molecular weight excluding hydrogens is 466 g/mol. The second-order valence-electron chi connectivity index (χ2n) is 6.13. The Labute approximate surface area is 174 Å². The number of aromatic nitrogens is 3. The number of carbonyl (C=O) groups excluding carboxylic acids is 1. The Bertz CT molecular complexity index is 1070. The Balaban J connectivity index is 1.41. The zero-order chi connectivity index (χ0) is 19.7. The maximum Gasteiger partial charge on any atom is 0.255 e. The fourth-order valence-corrected chi connectivity index (χ4v) is 6.52. The van der Waals surface area contributed by atoms with Crippen LogP contribution in [0.1, 0.15) is 10.4 Å². The molecule has 3 aromatic heterocycles. The second kappa shape index (κ2) is 7.74. The molecule has 0 atom stereocenters. The van der Waals surface area contributed by atoms with Gasteiger partial charge in [0.1, 0.15) is 16.4 Å². The highest BCUT2D eigenvalue weighted by atomic mass is 79.9. The number of piperazine rings is 1. The number of hydrogen-bond donors (Lipinski definition) is 0. The van der Waals surface area contributed by atoms with E-state index in [1.165, 1.54) is 21.8 Å². The molecule has 1 fully saturated rings. The van der Waals surface area contributed by atoms with E-state index >= 15 is 0 Å². The minimum absolute atomic E-state index is 0.152. The molecular formula is C17H16BrN5O3S2. The average Bonchev–Trinajstić information content (AvgIpc) is 3.40. The van der Waals surface area contributed by atoms with Crippen molar-refractivity contribution in [1.82, 2.24) is 23.7 Å². The normalized spacial score (nSPS) is 15.7. The molecule has 4 heterocycles. The highest BCUT2D eigenvalue weighted by Gasteiger charge is 2.31. The van der Waals surface area contributed by atoms with Crippen molar-refractivity contribution < 1.29 is 13.2 Å². The first-order valence-electron chi connectivity index (χ1n) is 8.44. The van der Waals surface area contributed by atoms with Crippen LogP contribution in [0.5, 0.6) is 0 Å². The number of hydrogen-bond acceptors (Lipinski definition) is 6. The van der Waals surface area contributed by atoms with Gasteiger partial charge in [-0.3, -0.25) is 9.36 Å². The van der Waals surface area contributed by atoms with E-state index < -0.39 is 10.0 Å². The lowest BCUT2D eigenvalue weighted by Crippen LogP contribution is -2.50. The van der Waals surface area contributed by atoms with E-state index in [1.807, 2.05) is 0 Å². The van der Waals surface area contributed by atoms with Gasteiger partial charge in [0, 0.05) is 44.8 Å². The molecule has 0 radical (unpaired) electrons. The number of thiophene rings is 1. The summed E-state index contributed by atoms with van der Waals surface area (Å²) in [6, 6.07) is 6.79. The summed E-state index contributed by atoms with van der Waals surface area (Å²) in [4.78, 5) is 22.7. The lowest BCUT2D eigenvalue weighted by molar-refractivity contribution is 0.0697. The molecule has 8 nitrogen and oxygen atoms in total. The molecule has 0 bridgehead atoms. The zero-order valence-corrected chi connectivity index (χ0v) is 17.8. The van der Waals surface area contributed by atoms with Crippen LogP contribution in [-0.4, -0.2) is 64.2 Å². The molecule has 28 heavy (non-hydrogen) atoms. The lowest BCUT2D eigenvalue weighted by atomic mass is 10.2. The minimum Gasteiger partial charge on any atom is -0.336 e. The maximum atomic E-state index is 12.7. The van der Waals surface area contributed by atoms with Crippen LogP contribution in [-0.2, 0) is 10.0 Å². The van der Waals surface area contributed by atoms with Gasteiger partial charge in [0.2, 0.25) is 0 Å². The van der Waals surface area contributed by atoms with Gasteiger partial charge in [-0.1, -0.05) is 0 Å². The van der Waals surface area contributed by atoms with Gasteiger partial charge in [-0.05, 0) is 40.2 Å². The predicted molar refractivity (Wildman–Crippen MR) is 108 cm³/mol. The third-order valence-electron chi connectivity index (χ3n) is 4.43. The fraction of sp³-hybridized carbons (Fsp3) is 0.235. The monoisotopic (exact) mass is 481 g/mol. The van der Waals surface area contributed by atoms with E-state index in [0.717, 1.165) is 3.79 Å². The van der Waals surface area contributed by atoms with Gasteiger partial charge >= 0.3 is 0 Å². The summed E-state index contributed by atoms with van der Waals surface area (Å²) >= 11 is 4.48. The van der Waals surface area contributed by atoms with Crippen molar-refractivity contribution in [1.29, 1.82) is 0 Å². The van der Waals surface area contributed by atoms with Crippen LogP contribution in [0.4, 0.5) is 0 Å². The van der Waals surface area contributed by atoms with Crippen LogP contribution < -0.4 is 0 Å². The summed E-state index contributed by atoms with van der Waals surface area (Å²) in [6.45, 7) is 1.22. The smallest absolute Gasteiger partial charge is 0.255 e. The Morgan fingerprint density at radius 3 is 2.46 bits per heavy atom. The number of pyridine rings is 1. The summed E-state index contributed by atoms with van der Waals surface area (Å²) in [5, 5.41) is 0. The van der Waals surface area contributed by atoms with Gasteiger partial charge in [-0.25, -0.2) is 18.4 Å². The molecule has 1 amide bonds. The highest BCUT2D eigenvalue weighted by Crippen LogP contribution is 2.29. The first kappa shape index (κ1) is 19.2. The van der Waals surface area contributed by atoms with Gasteiger partial charge in [0.15, 0.2) is 0 Å². The zero-order valence-electron chi connectivity index (χ0n) is 14.6. The van der Waals surface area contributed by atoms with Crippen LogP contribution in [0.25, 0.3) is 5.82 Å². The molecule has 1 saturated heterocycles. The Kier molecular flexibility index (Phi) is 5.32. The van der Waals surface area contributed by atoms with E-state index in [0.29, 0.717) is 28.7 Å². The topological polar surface area (TPSA) is 88.4 Å². The first-order chi connectivity index (χ1) is 13.4. The second-order valence-corrected chi connectivity index (χ2v) is 10.8. The quantitative estimate of drug-likeness (QED) is 0.569. The molecule has 0 N–H and O–H groups in total. The third kappa shape index (κ3) is 3.75. The van der Waals surface area contributed by atoms with Crippen LogP contribution in [0.15, 0.2) is 57.2 Å². The van der Waals surface area contributed by atoms with E-state index in [-0.39, 0.29) is 19.0 Å². The lowest BCUT2D eigenvalue weighted by Gasteiger charge is -2.33. The van der Waals surface area contributed by atoms with Crippen LogP contribution in [0, 0.1) is 0 Å². The Hall–Kier alpha value is -2.08. The molecule has 1 aliphatic heterocycles. The summed E-state index contributed by atoms with van der Waals surface area (Å²) in [6.07, 6.45) is 6.60. The molecule has 1 aliphatic rings. The van der Waals surface area contributed by atoms with Gasteiger partial charge in [0.25, 0.3) is 15.9 Å². The number of sulfonamides is 1. The maximum absolute atomic E-state index is 12.7. The highest BCUT2D eigenvalue weighted by molar-refractivity contribution is 9.11. The molecule has 0 saturated carbocycles. The number of carbonyl (C=O) groups is 1. The van der Waals surface area contributed by atoms with Crippen molar-refractivity contribution in [2.24, 2.45) is 0 Å². The van der Waals surface area contributed by atoms with Gasteiger partial charge in [0.05, 0.1) is 9.35 Å². The van der Waals surface area contributed by atoms with Crippen LogP contribution >= 0.6 is 27.3 Å². The van der Waals surface area contributed by atoms with E-state index in [1.54, 1.807) is 52.5 Å². The fourth-order valence-electron chi connectivity index (χ4n) is 2.94. The van der Waals surface area contributed by atoms with Gasteiger partial charge < -0.3 is 4.90 Å². The van der Waals surface area contributed by atoms with E-state index in [4.69, 9.17) is 0 Å². The van der Waals surface area contributed by atoms with Crippen molar-refractivity contribution >= 4 is 43.2 Å². The molecule has 0 aromatic carbocycles. The van der Waals surface area contributed by atoms with Crippen molar-refractivity contribution in [3.8, 4) is 5.82 Å². The van der Waals surface area contributed by atoms with Gasteiger partial charge in [-0.15, -0.1) is 11.3 Å². The number of imidazole rings is 1. The Morgan fingerprint density at radius 2 is 1.89 bits per heavy atom. The first-order valence-corrected chi connectivity index (χ1v) is 11.5. The number of rotatable bonds is 4. The largest absolute Gasteiger partial charge is 0.336 e. The molecule has 0 aliphatic carbocycles. The SMILES string of the molecule is O=C(c1ccc(-n2ccnc2)nc1)N1CCN(S(=O)(=O)c2ccc(Br)s2)CC1. The average molecular weight is 482 g/mol. The third-order valence-corrected chi connectivity index (χ3v) is 8.42. The summed E-state index contributed by atoms with van der Waals surface area (Å²) in [5.74, 6) is 0.521. The number of amides is 1. The molecule has 0 spiro atoms.